The molecule has 3 aliphatic carbocycles. The number of anilines is 2. The molecule has 6 rings (SSSR count). The van der Waals surface area contributed by atoms with Gasteiger partial charge in [-0.25, -0.2) is 4.79 Å². The molecule has 4 aliphatic rings. The van der Waals surface area contributed by atoms with Gasteiger partial charge in [0.05, 0.1) is 29.7 Å². The molecular formula is C27H26N2O5S. The Labute approximate surface area is 207 Å². The number of carbonyl (C=O) groups is 4. The minimum Gasteiger partial charge on any atom is -0.462 e. The zero-order chi connectivity index (χ0) is 24.3. The van der Waals surface area contributed by atoms with Crippen LogP contribution in [0, 0.1) is 23.7 Å². The molecule has 0 spiro atoms. The summed E-state index contributed by atoms with van der Waals surface area (Å²) in [5, 5.41) is 3.42. The highest BCUT2D eigenvalue weighted by Crippen LogP contribution is 2.53. The third-order valence-corrected chi connectivity index (χ3v) is 8.94. The predicted octanol–water partition coefficient (Wildman–Crippen LogP) is 4.37. The Hall–Kier alpha value is -3.26. The molecule has 4 atom stereocenters. The molecule has 1 saturated heterocycles. The van der Waals surface area contributed by atoms with Crippen LogP contribution < -0.4 is 10.2 Å². The van der Waals surface area contributed by atoms with Crippen molar-refractivity contribution in [1.82, 2.24) is 0 Å². The Morgan fingerprint density at radius 1 is 1.03 bits per heavy atom. The fourth-order valence-corrected chi connectivity index (χ4v) is 7.44. The summed E-state index contributed by atoms with van der Waals surface area (Å²) in [6, 6.07) is 6.52. The maximum absolute atomic E-state index is 13.1. The summed E-state index contributed by atoms with van der Waals surface area (Å²) in [5.41, 5.74) is 2.34. The molecule has 35 heavy (non-hydrogen) atoms. The quantitative estimate of drug-likeness (QED) is 0.382. The largest absolute Gasteiger partial charge is 0.462 e. The zero-order valence-electron chi connectivity index (χ0n) is 19.4. The number of imide groups is 1. The van der Waals surface area contributed by atoms with E-state index in [1.54, 1.807) is 31.2 Å². The van der Waals surface area contributed by atoms with Crippen LogP contribution in [0.2, 0.25) is 0 Å². The maximum atomic E-state index is 13.1. The number of rotatable bonds is 5. The minimum atomic E-state index is -0.405. The molecule has 1 aliphatic heterocycles. The number of nitrogens with one attached hydrogen (secondary N) is 1. The summed E-state index contributed by atoms with van der Waals surface area (Å²) in [4.78, 5) is 54.2. The second kappa shape index (κ2) is 8.45. The van der Waals surface area contributed by atoms with Crippen LogP contribution in [0.4, 0.5) is 10.7 Å². The van der Waals surface area contributed by atoms with E-state index in [1.165, 1.54) is 16.2 Å². The van der Waals surface area contributed by atoms with Crippen LogP contribution in [-0.4, -0.2) is 30.3 Å². The topological polar surface area (TPSA) is 92.8 Å². The summed E-state index contributed by atoms with van der Waals surface area (Å²) < 4.78 is 5.27. The third kappa shape index (κ3) is 3.45. The lowest BCUT2D eigenvalue weighted by atomic mass is 9.85. The lowest BCUT2D eigenvalue weighted by molar-refractivity contribution is -0.123. The monoisotopic (exact) mass is 490 g/mol. The number of carbonyl (C=O) groups excluding carboxylic acids is 4. The molecule has 2 bridgehead atoms. The standard InChI is InChI=1S/C27H26N2O5S/c1-2-34-27(33)22-18-5-3-4-6-19(18)35-24(22)28-23(30)14-9-11-17(12-10-14)29-25(31)20-15-7-8-16(13-15)21(20)26(29)32/h7-12,15-16,20-21H,2-6,13H2,1H3,(H,28,30)/t15-,16+,20+,21-. The van der Waals surface area contributed by atoms with Crippen LogP contribution in [0.3, 0.4) is 0 Å². The lowest BCUT2D eigenvalue weighted by Gasteiger charge is -2.17. The van der Waals surface area contributed by atoms with Crippen LogP contribution >= 0.6 is 11.3 Å². The number of benzene rings is 1. The summed E-state index contributed by atoms with van der Waals surface area (Å²) in [5.74, 6) is -1.24. The fraction of sp³-hybridized carbons (Fsp3) is 0.407. The second-order valence-electron chi connectivity index (χ2n) is 9.65. The van der Waals surface area contributed by atoms with Gasteiger partial charge in [0, 0.05) is 10.4 Å². The van der Waals surface area contributed by atoms with Crippen molar-refractivity contribution in [2.45, 2.75) is 39.0 Å². The van der Waals surface area contributed by atoms with E-state index in [0.29, 0.717) is 21.8 Å². The van der Waals surface area contributed by atoms with Gasteiger partial charge in [0.2, 0.25) is 11.8 Å². The fourth-order valence-electron chi connectivity index (χ4n) is 6.17. The van der Waals surface area contributed by atoms with Crippen LogP contribution in [0.25, 0.3) is 0 Å². The number of amides is 3. The van der Waals surface area contributed by atoms with E-state index in [1.807, 2.05) is 0 Å². The average molecular weight is 491 g/mol. The molecule has 0 radical (unpaired) electrons. The molecule has 1 aromatic heterocycles. The van der Waals surface area contributed by atoms with Crippen molar-refractivity contribution in [3.05, 3.63) is 58.0 Å². The van der Waals surface area contributed by atoms with Gasteiger partial charge < -0.3 is 10.1 Å². The molecule has 2 heterocycles. The number of ether oxygens (including phenoxy) is 1. The van der Waals surface area contributed by atoms with Crippen LogP contribution in [0.1, 0.15) is 57.3 Å². The number of fused-ring (bicyclic) bond motifs is 6. The number of aryl methyl sites for hydroxylation is 1. The number of thiophene rings is 1. The highest BCUT2D eigenvalue weighted by molar-refractivity contribution is 7.17. The minimum absolute atomic E-state index is 0.141. The highest BCUT2D eigenvalue weighted by Gasteiger charge is 2.59. The average Bonchev–Trinajstić information content (AvgIpc) is 3.61. The normalized spacial score (nSPS) is 26.1. The van der Waals surface area contributed by atoms with Crippen molar-refractivity contribution in [2.24, 2.45) is 23.7 Å². The molecule has 180 valence electrons. The van der Waals surface area contributed by atoms with E-state index in [9.17, 15) is 19.2 Å². The number of hydrogen-bond donors (Lipinski definition) is 1. The number of hydrogen-bond acceptors (Lipinski definition) is 6. The first-order valence-electron chi connectivity index (χ1n) is 12.3. The Kier molecular flexibility index (Phi) is 5.36. The van der Waals surface area contributed by atoms with Gasteiger partial charge in [0.1, 0.15) is 5.00 Å². The van der Waals surface area contributed by atoms with Crippen LogP contribution in [-0.2, 0) is 27.2 Å². The van der Waals surface area contributed by atoms with Gasteiger partial charge >= 0.3 is 5.97 Å². The molecule has 7 nitrogen and oxygen atoms in total. The first kappa shape index (κ1) is 22.2. The highest BCUT2D eigenvalue weighted by atomic mass is 32.1. The van der Waals surface area contributed by atoms with Crippen molar-refractivity contribution in [1.29, 1.82) is 0 Å². The SMILES string of the molecule is CCOC(=O)c1c(NC(=O)c2ccc(N3C(=O)[C@@H]4[C@H](C3=O)[C@H]3C=C[C@@H]4C3)cc2)sc2c1CCCC2. The number of nitrogens with zero attached hydrogens (tertiary/aromatic N) is 1. The van der Waals surface area contributed by atoms with Gasteiger partial charge in [0.25, 0.3) is 5.91 Å². The molecule has 2 fully saturated rings. The first-order chi connectivity index (χ1) is 17.0. The predicted molar refractivity (Wildman–Crippen MR) is 132 cm³/mol. The van der Waals surface area contributed by atoms with E-state index < -0.39 is 5.97 Å². The number of allylic oxidation sites excluding steroid dienone is 2. The maximum Gasteiger partial charge on any atom is 0.341 e. The van der Waals surface area contributed by atoms with Crippen molar-refractivity contribution in [2.75, 3.05) is 16.8 Å². The number of esters is 1. The van der Waals surface area contributed by atoms with Crippen molar-refractivity contribution in [3.8, 4) is 0 Å². The molecular weight excluding hydrogens is 464 g/mol. The van der Waals surface area contributed by atoms with E-state index in [0.717, 1.165) is 42.5 Å². The Balaban J connectivity index is 1.22. The first-order valence-corrected chi connectivity index (χ1v) is 13.1. The molecule has 0 unspecified atom stereocenters. The van der Waals surface area contributed by atoms with Crippen molar-refractivity contribution < 1.29 is 23.9 Å². The summed E-state index contributed by atoms with van der Waals surface area (Å²) in [6.07, 6.45) is 8.81. The Bertz CT molecular complexity index is 1250. The zero-order valence-corrected chi connectivity index (χ0v) is 20.2. The molecule has 8 heteroatoms. The third-order valence-electron chi connectivity index (χ3n) is 7.74. The van der Waals surface area contributed by atoms with Crippen LogP contribution in [0.15, 0.2) is 36.4 Å². The molecule has 1 N–H and O–H groups in total. The molecule has 1 aromatic carbocycles. The van der Waals surface area contributed by atoms with Crippen molar-refractivity contribution in [3.63, 3.8) is 0 Å². The summed E-state index contributed by atoms with van der Waals surface area (Å²) >= 11 is 1.44. The molecule has 1 saturated carbocycles. The summed E-state index contributed by atoms with van der Waals surface area (Å²) in [7, 11) is 0. The van der Waals surface area contributed by atoms with Gasteiger partial charge in [-0.1, -0.05) is 12.2 Å². The molecule has 2 aromatic rings. The van der Waals surface area contributed by atoms with E-state index >= 15 is 0 Å². The second-order valence-corrected chi connectivity index (χ2v) is 10.8. The van der Waals surface area contributed by atoms with E-state index in [2.05, 4.69) is 17.5 Å². The van der Waals surface area contributed by atoms with E-state index in [-0.39, 0.29) is 48.0 Å². The van der Waals surface area contributed by atoms with Crippen molar-refractivity contribution >= 4 is 45.7 Å². The van der Waals surface area contributed by atoms with Gasteiger partial charge in [-0.2, -0.15) is 0 Å². The Morgan fingerprint density at radius 3 is 2.34 bits per heavy atom. The lowest BCUT2D eigenvalue weighted by Crippen LogP contribution is -2.32. The van der Waals surface area contributed by atoms with Gasteiger partial charge in [-0.05, 0) is 80.7 Å². The van der Waals surface area contributed by atoms with E-state index in [4.69, 9.17) is 4.74 Å². The smallest absolute Gasteiger partial charge is 0.341 e. The van der Waals surface area contributed by atoms with Gasteiger partial charge in [-0.15, -0.1) is 11.3 Å². The molecule has 3 amide bonds. The van der Waals surface area contributed by atoms with Gasteiger partial charge in [-0.3, -0.25) is 19.3 Å². The summed E-state index contributed by atoms with van der Waals surface area (Å²) in [6.45, 7) is 2.03. The van der Waals surface area contributed by atoms with Crippen LogP contribution in [0.5, 0.6) is 0 Å². The Morgan fingerprint density at radius 2 is 1.69 bits per heavy atom. The van der Waals surface area contributed by atoms with Gasteiger partial charge in [0.15, 0.2) is 0 Å².